The quantitative estimate of drug-likeness (QED) is 0.430. The Labute approximate surface area is 197 Å². The molecule has 4 aromatic rings. The van der Waals surface area contributed by atoms with Gasteiger partial charge in [-0.15, -0.1) is 0 Å². The van der Waals surface area contributed by atoms with Gasteiger partial charge in [-0.25, -0.2) is 19.4 Å². The SMILES string of the molecule is Cc1ncc(-c2nn(-c3ccccc3)c(NC(=O)NC3c4ccccc4CCC3O)c2C)cn1. The normalized spacial score (nSPS) is 17.1. The first-order valence-electron chi connectivity index (χ1n) is 11.3. The lowest BCUT2D eigenvalue weighted by atomic mass is 9.86. The number of fused-ring (bicyclic) bond motifs is 1. The number of hydrogen-bond acceptors (Lipinski definition) is 5. The van der Waals surface area contributed by atoms with Crippen molar-refractivity contribution in [3.05, 3.63) is 89.5 Å². The van der Waals surface area contributed by atoms with E-state index in [2.05, 4.69) is 20.6 Å². The Morgan fingerprint density at radius 2 is 1.74 bits per heavy atom. The number of benzene rings is 2. The molecule has 34 heavy (non-hydrogen) atoms. The van der Waals surface area contributed by atoms with Crippen molar-refractivity contribution < 1.29 is 9.90 Å². The van der Waals surface area contributed by atoms with Gasteiger partial charge in [0.2, 0.25) is 0 Å². The van der Waals surface area contributed by atoms with Crippen molar-refractivity contribution in [3.8, 4) is 16.9 Å². The van der Waals surface area contributed by atoms with E-state index in [1.807, 2.05) is 68.4 Å². The van der Waals surface area contributed by atoms with Gasteiger partial charge in [-0.3, -0.25) is 5.32 Å². The molecular weight excluding hydrogens is 428 g/mol. The van der Waals surface area contributed by atoms with Crippen molar-refractivity contribution in [1.82, 2.24) is 25.1 Å². The van der Waals surface area contributed by atoms with Crippen LogP contribution in [0.3, 0.4) is 0 Å². The molecule has 8 nitrogen and oxygen atoms in total. The van der Waals surface area contributed by atoms with Crippen LogP contribution in [-0.4, -0.2) is 37.0 Å². The first kappa shape index (κ1) is 21.8. The summed E-state index contributed by atoms with van der Waals surface area (Å²) in [7, 11) is 0. The van der Waals surface area contributed by atoms with Crippen LogP contribution in [-0.2, 0) is 6.42 Å². The summed E-state index contributed by atoms with van der Waals surface area (Å²) in [6.45, 7) is 3.73. The first-order valence-corrected chi connectivity index (χ1v) is 11.3. The molecule has 0 aliphatic heterocycles. The molecule has 172 valence electrons. The molecule has 2 atom stereocenters. The monoisotopic (exact) mass is 454 g/mol. The number of aliphatic hydroxyl groups is 1. The topological polar surface area (TPSA) is 105 Å². The molecular formula is C26H26N6O2. The second kappa shape index (κ2) is 9.07. The number of carbonyl (C=O) groups excluding carboxylic acids is 1. The minimum atomic E-state index is -0.652. The zero-order chi connectivity index (χ0) is 23.7. The summed E-state index contributed by atoms with van der Waals surface area (Å²) >= 11 is 0. The van der Waals surface area contributed by atoms with E-state index in [0.29, 0.717) is 23.8 Å². The Morgan fingerprint density at radius 3 is 2.50 bits per heavy atom. The van der Waals surface area contributed by atoms with Gasteiger partial charge in [-0.2, -0.15) is 5.10 Å². The number of para-hydroxylation sites is 1. The molecule has 0 radical (unpaired) electrons. The Hall–Kier alpha value is -4.04. The van der Waals surface area contributed by atoms with Crippen molar-refractivity contribution in [2.45, 2.75) is 38.8 Å². The van der Waals surface area contributed by atoms with E-state index < -0.39 is 18.2 Å². The molecule has 0 saturated heterocycles. The Balaban J connectivity index is 1.48. The second-order valence-electron chi connectivity index (χ2n) is 8.47. The van der Waals surface area contributed by atoms with E-state index in [4.69, 9.17) is 5.10 Å². The maximum atomic E-state index is 13.2. The lowest BCUT2D eigenvalue weighted by Gasteiger charge is -2.31. The third-order valence-electron chi connectivity index (χ3n) is 6.18. The fourth-order valence-corrected chi connectivity index (χ4v) is 4.39. The minimum absolute atomic E-state index is 0.410. The van der Waals surface area contributed by atoms with Crippen LogP contribution in [0.25, 0.3) is 16.9 Å². The number of aliphatic hydroxyl groups excluding tert-OH is 1. The third kappa shape index (κ3) is 4.15. The van der Waals surface area contributed by atoms with Gasteiger partial charge in [0.1, 0.15) is 17.3 Å². The number of carbonyl (C=O) groups is 1. The van der Waals surface area contributed by atoms with Crippen LogP contribution in [0.5, 0.6) is 0 Å². The highest BCUT2D eigenvalue weighted by Crippen LogP contribution is 2.32. The molecule has 2 amide bonds. The van der Waals surface area contributed by atoms with Gasteiger partial charge in [-0.05, 0) is 49.9 Å². The average molecular weight is 455 g/mol. The lowest BCUT2D eigenvalue weighted by Crippen LogP contribution is -2.41. The summed E-state index contributed by atoms with van der Waals surface area (Å²) in [6.07, 6.45) is 4.19. The molecule has 1 aliphatic rings. The highest BCUT2D eigenvalue weighted by Gasteiger charge is 2.30. The molecule has 5 rings (SSSR count). The molecule has 2 aromatic heterocycles. The van der Waals surface area contributed by atoms with E-state index >= 15 is 0 Å². The van der Waals surface area contributed by atoms with Gasteiger partial charge in [0.25, 0.3) is 0 Å². The Morgan fingerprint density at radius 1 is 1.03 bits per heavy atom. The summed E-state index contributed by atoms with van der Waals surface area (Å²) < 4.78 is 1.70. The molecule has 0 saturated carbocycles. The second-order valence-corrected chi connectivity index (χ2v) is 8.47. The molecule has 0 fully saturated rings. The van der Waals surface area contributed by atoms with Crippen molar-refractivity contribution in [2.75, 3.05) is 5.32 Å². The molecule has 2 aromatic carbocycles. The molecule has 0 bridgehead atoms. The zero-order valence-corrected chi connectivity index (χ0v) is 19.1. The fraction of sp³-hybridized carbons (Fsp3) is 0.231. The highest BCUT2D eigenvalue weighted by molar-refractivity contribution is 5.91. The summed E-state index contributed by atoms with van der Waals surface area (Å²) in [4.78, 5) is 21.7. The van der Waals surface area contributed by atoms with Crippen LogP contribution >= 0.6 is 0 Å². The standard InChI is InChI=1S/C26H26N6O2/c1-16-23(19-14-27-17(2)28-15-19)31-32(20-9-4-3-5-10-20)25(16)30-26(34)29-24-21-11-7-6-8-18(21)12-13-22(24)33/h3-11,14-15,22,24,33H,12-13H2,1-2H3,(H2,29,30,34). The van der Waals surface area contributed by atoms with Crippen molar-refractivity contribution in [3.63, 3.8) is 0 Å². The van der Waals surface area contributed by atoms with Crippen LogP contribution in [0.15, 0.2) is 67.0 Å². The first-order chi connectivity index (χ1) is 16.5. The molecule has 2 unspecified atom stereocenters. The van der Waals surface area contributed by atoms with Crippen molar-refractivity contribution >= 4 is 11.8 Å². The predicted octanol–water partition coefficient (Wildman–Crippen LogP) is 4.12. The smallest absolute Gasteiger partial charge is 0.320 e. The number of hydrogen-bond donors (Lipinski definition) is 3. The number of aromatic nitrogens is 4. The minimum Gasteiger partial charge on any atom is -0.391 e. The van der Waals surface area contributed by atoms with Gasteiger partial charge in [-0.1, -0.05) is 42.5 Å². The molecule has 0 spiro atoms. The van der Waals surface area contributed by atoms with E-state index in [1.54, 1.807) is 17.1 Å². The third-order valence-corrected chi connectivity index (χ3v) is 6.18. The zero-order valence-electron chi connectivity index (χ0n) is 19.1. The van der Waals surface area contributed by atoms with Gasteiger partial charge in [0.05, 0.1) is 17.8 Å². The Kier molecular flexibility index (Phi) is 5.81. The van der Waals surface area contributed by atoms with Crippen molar-refractivity contribution in [1.29, 1.82) is 0 Å². The van der Waals surface area contributed by atoms with Gasteiger partial charge in [0, 0.05) is 23.5 Å². The van der Waals surface area contributed by atoms with Gasteiger partial charge in [0.15, 0.2) is 0 Å². The largest absolute Gasteiger partial charge is 0.391 e. The lowest BCUT2D eigenvalue weighted by molar-refractivity contribution is 0.114. The van der Waals surface area contributed by atoms with Gasteiger partial charge >= 0.3 is 6.03 Å². The fourth-order valence-electron chi connectivity index (χ4n) is 4.39. The Bertz CT molecular complexity index is 1320. The summed E-state index contributed by atoms with van der Waals surface area (Å²) in [5.74, 6) is 1.21. The summed E-state index contributed by atoms with van der Waals surface area (Å²) in [5.41, 5.74) is 5.13. The van der Waals surface area contributed by atoms with E-state index in [0.717, 1.165) is 34.4 Å². The van der Waals surface area contributed by atoms with Crippen LogP contribution in [0.4, 0.5) is 10.6 Å². The van der Waals surface area contributed by atoms with E-state index in [9.17, 15) is 9.90 Å². The highest BCUT2D eigenvalue weighted by atomic mass is 16.3. The number of rotatable bonds is 4. The summed E-state index contributed by atoms with van der Waals surface area (Å²) in [5, 5.41) is 21.3. The van der Waals surface area contributed by atoms with E-state index in [-0.39, 0.29) is 0 Å². The maximum Gasteiger partial charge on any atom is 0.320 e. The molecule has 1 aliphatic carbocycles. The number of amides is 2. The number of nitrogens with one attached hydrogen (secondary N) is 2. The van der Waals surface area contributed by atoms with E-state index in [1.165, 1.54) is 0 Å². The van der Waals surface area contributed by atoms with Crippen LogP contribution in [0.2, 0.25) is 0 Å². The van der Waals surface area contributed by atoms with Crippen LogP contribution in [0, 0.1) is 13.8 Å². The molecule has 3 N–H and O–H groups in total. The number of urea groups is 1. The molecule has 8 heteroatoms. The number of anilines is 1. The van der Waals surface area contributed by atoms with Crippen LogP contribution in [0.1, 0.15) is 35.0 Å². The summed E-state index contributed by atoms with van der Waals surface area (Å²) in [6, 6.07) is 16.6. The number of nitrogens with zero attached hydrogens (tertiary/aromatic N) is 4. The molecule has 2 heterocycles. The van der Waals surface area contributed by atoms with Crippen LogP contribution < -0.4 is 10.6 Å². The van der Waals surface area contributed by atoms with Gasteiger partial charge < -0.3 is 10.4 Å². The maximum absolute atomic E-state index is 13.2. The average Bonchev–Trinajstić information content (AvgIpc) is 3.18. The predicted molar refractivity (Wildman–Crippen MR) is 130 cm³/mol. The number of aryl methyl sites for hydroxylation is 2. The van der Waals surface area contributed by atoms with Crippen molar-refractivity contribution in [2.24, 2.45) is 0 Å².